The molecule has 0 amide bonds. The molecule has 3 aromatic rings. The van der Waals surface area contributed by atoms with E-state index in [1.807, 2.05) is 17.7 Å². The number of thiophene rings is 1. The molecule has 1 atom stereocenters. The van der Waals surface area contributed by atoms with Gasteiger partial charge in [-0.2, -0.15) is 0 Å². The molecular formula is C22H17NO4S. The van der Waals surface area contributed by atoms with Gasteiger partial charge in [0.25, 0.3) is 6.29 Å². The summed E-state index contributed by atoms with van der Waals surface area (Å²) in [6.45, 7) is 1.67. The summed E-state index contributed by atoms with van der Waals surface area (Å²) in [7, 11) is 1.92. The van der Waals surface area contributed by atoms with Crippen LogP contribution in [-0.4, -0.2) is 22.6 Å². The Bertz CT molecular complexity index is 1200. The maximum atomic E-state index is 12.9. The maximum Gasteiger partial charge on any atom is 0.336 e. The van der Waals surface area contributed by atoms with Crippen LogP contribution in [0, 0.1) is 0 Å². The van der Waals surface area contributed by atoms with E-state index in [1.54, 1.807) is 24.3 Å². The number of aryl methyl sites for hydroxylation is 1. The fraction of sp³-hybridized carbons (Fsp3) is 0.182. The van der Waals surface area contributed by atoms with Gasteiger partial charge in [-0.1, -0.05) is 12.1 Å². The Morgan fingerprint density at radius 3 is 2.86 bits per heavy atom. The number of benzene rings is 1. The molecule has 28 heavy (non-hydrogen) atoms. The predicted octanol–water partition coefficient (Wildman–Crippen LogP) is 4.38. The van der Waals surface area contributed by atoms with Gasteiger partial charge >= 0.3 is 5.97 Å². The number of hydrogen-bond donors (Lipinski definition) is 0. The fourth-order valence-electron chi connectivity index (χ4n) is 3.82. The van der Waals surface area contributed by atoms with E-state index in [4.69, 9.17) is 9.47 Å². The third-order valence-corrected chi connectivity index (χ3v) is 6.18. The van der Waals surface area contributed by atoms with Crippen molar-refractivity contribution in [1.29, 1.82) is 0 Å². The topological polar surface area (TPSA) is 57.5 Å². The molecule has 0 spiro atoms. The number of aromatic nitrogens is 1. The lowest BCUT2D eigenvalue weighted by atomic mass is 10.1. The van der Waals surface area contributed by atoms with Gasteiger partial charge in [-0.3, -0.25) is 4.79 Å². The van der Waals surface area contributed by atoms with Gasteiger partial charge in [0.2, 0.25) is 5.78 Å². The van der Waals surface area contributed by atoms with Crippen LogP contribution in [0.25, 0.3) is 21.3 Å². The van der Waals surface area contributed by atoms with Crippen LogP contribution in [0.15, 0.2) is 59.2 Å². The molecule has 0 radical (unpaired) electrons. The number of nitrogens with zero attached hydrogens (tertiary/aromatic N) is 1. The molecule has 1 aromatic carbocycles. The maximum absolute atomic E-state index is 12.9. The Labute approximate surface area is 165 Å². The number of carbonyl (C=O) groups is 2. The van der Waals surface area contributed by atoms with Crippen LogP contribution in [0.2, 0.25) is 0 Å². The van der Waals surface area contributed by atoms with E-state index in [-0.39, 0.29) is 5.78 Å². The van der Waals surface area contributed by atoms with Gasteiger partial charge in [0, 0.05) is 46.5 Å². The summed E-state index contributed by atoms with van der Waals surface area (Å²) in [5.41, 5.74) is 4.99. The molecule has 1 aliphatic carbocycles. The van der Waals surface area contributed by atoms with Gasteiger partial charge < -0.3 is 14.0 Å². The molecule has 3 heterocycles. The molecule has 0 saturated carbocycles. The Balaban J connectivity index is 1.50. The molecule has 0 unspecified atom stereocenters. The van der Waals surface area contributed by atoms with E-state index in [9.17, 15) is 9.59 Å². The van der Waals surface area contributed by atoms with E-state index in [2.05, 4.69) is 29.6 Å². The van der Waals surface area contributed by atoms with Gasteiger partial charge in [-0.15, -0.1) is 11.3 Å². The number of fused-ring (bicyclic) bond motifs is 3. The highest BCUT2D eigenvalue weighted by Crippen LogP contribution is 2.37. The van der Waals surface area contributed by atoms with Crippen molar-refractivity contribution in [2.75, 3.05) is 0 Å². The molecule has 0 bridgehead atoms. The molecule has 1 aliphatic heterocycles. The van der Waals surface area contributed by atoms with Crippen molar-refractivity contribution in [3.63, 3.8) is 0 Å². The lowest BCUT2D eigenvalue weighted by Crippen LogP contribution is -2.11. The minimum absolute atomic E-state index is 0.0450. The summed E-state index contributed by atoms with van der Waals surface area (Å²) in [5, 5.41) is 3.14. The van der Waals surface area contributed by atoms with E-state index >= 15 is 0 Å². The first-order valence-corrected chi connectivity index (χ1v) is 9.84. The van der Waals surface area contributed by atoms with E-state index < -0.39 is 12.3 Å². The molecule has 0 fully saturated rings. The summed E-state index contributed by atoms with van der Waals surface area (Å²) in [4.78, 5) is 25.6. The number of esters is 1. The van der Waals surface area contributed by atoms with Gasteiger partial charge in [-0.05, 0) is 41.6 Å². The summed E-state index contributed by atoms with van der Waals surface area (Å²) < 4.78 is 12.5. The molecule has 6 heteroatoms. The number of carbonyl (C=O) groups excluding carboxylic acids is 2. The van der Waals surface area contributed by atoms with E-state index in [1.165, 1.54) is 11.1 Å². The molecule has 2 aromatic heterocycles. The molecule has 0 saturated heterocycles. The number of rotatable bonds is 3. The van der Waals surface area contributed by atoms with Crippen LogP contribution in [0.5, 0.6) is 0 Å². The second-order valence-corrected chi connectivity index (χ2v) is 7.95. The van der Waals surface area contributed by atoms with Crippen LogP contribution < -0.4 is 0 Å². The monoisotopic (exact) mass is 391 g/mol. The standard InChI is InChI=1S/C22H17NO4S/c1-12-8-19(27-22(12)25)26-11-14-10-16-15-9-13(18-4-3-7-28-18)5-6-17(15)23(2)20(16)21(14)24/h3-9,11,19H,10H2,1-2H3/b14-11+/t19-/m0/s1. The molecule has 5 rings (SSSR count). The van der Waals surface area contributed by atoms with Gasteiger partial charge in [0.1, 0.15) is 0 Å². The predicted molar refractivity (Wildman–Crippen MR) is 107 cm³/mol. The molecule has 2 aliphatic rings. The van der Waals surface area contributed by atoms with Crippen molar-refractivity contribution in [3.05, 3.63) is 70.5 Å². The van der Waals surface area contributed by atoms with Crippen molar-refractivity contribution in [2.45, 2.75) is 19.6 Å². The van der Waals surface area contributed by atoms with Crippen molar-refractivity contribution < 1.29 is 19.1 Å². The quantitative estimate of drug-likeness (QED) is 0.378. The zero-order valence-corrected chi connectivity index (χ0v) is 16.2. The van der Waals surface area contributed by atoms with E-state index in [0.717, 1.165) is 22.0 Å². The second-order valence-electron chi connectivity index (χ2n) is 7.00. The number of ether oxygens (including phenoxy) is 2. The average molecular weight is 391 g/mol. The Hall–Kier alpha value is -3.12. The van der Waals surface area contributed by atoms with Crippen LogP contribution in [-0.2, 0) is 27.7 Å². The summed E-state index contributed by atoms with van der Waals surface area (Å²) in [5.74, 6) is -0.437. The Kier molecular flexibility index (Phi) is 3.77. The zero-order valence-electron chi connectivity index (χ0n) is 15.4. The van der Waals surface area contributed by atoms with Crippen LogP contribution in [0.1, 0.15) is 23.0 Å². The number of ketones is 1. The van der Waals surface area contributed by atoms with Crippen molar-refractivity contribution in [2.24, 2.45) is 7.05 Å². The highest BCUT2D eigenvalue weighted by atomic mass is 32.1. The SMILES string of the molecule is CC1=C[C@@H](O/C=C2\Cc3c(n(C)c4ccc(-c5cccs5)cc34)C2=O)OC1=O. The first-order chi connectivity index (χ1) is 13.5. The lowest BCUT2D eigenvalue weighted by Gasteiger charge is -2.08. The van der Waals surface area contributed by atoms with Gasteiger partial charge in [0.05, 0.1) is 12.0 Å². The molecule has 0 N–H and O–H groups in total. The molecular weight excluding hydrogens is 374 g/mol. The first-order valence-electron chi connectivity index (χ1n) is 8.96. The highest BCUT2D eigenvalue weighted by molar-refractivity contribution is 7.13. The lowest BCUT2D eigenvalue weighted by molar-refractivity contribution is -0.152. The normalized spacial score (nSPS) is 20.0. The number of cyclic esters (lactones) is 1. The largest absolute Gasteiger partial charge is 0.458 e. The highest BCUT2D eigenvalue weighted by Gasteiger charge is 2.32. The van der Waals surface area contributed by atoms with Crippen LogP contribution >= 0.6 is 11.3 Å². The third kappa shape index (κ3) is 2.52. The summed E-state index contributed by atoms with van der Waals surface area (Å²) in [6, 6.07) is 10.4. The minimum atomic E-state index is -0.765. The first kappa shape index (κ1) is 17.0. The average Bonchev–Trinajstić information content (AvgIpc) is 3.43. The van der Waals surface area contributed by atoms with E-state index in [0.29, 0.717) is 23.3 Å². The van der Waals surface area contributed by atoms with Crippen molar-refractivity contribution >= 4 is 34.0 Å². The van der Waals surface area contributed by atoms with Crippen molar-refractivity contribution in [1.82, 2.24) is 4.57 Å². The number of allylic oxidation sites excluding steroid dienone is 1. The fourth-order valence-corrected chi connectivity index (χ4v) is 4.55. The molecule has 5 nitrogen and oxygen atoms in total. The van der Waals surface area contributed by atoms with Crippen LogP contribution in [0.4, 0.5) is 0 Å². The van der Waals surface area contributed by atoms with Crippen LogP contribution in [0.3, 0.4) is 0 Å². The van der Waals surface area contributed by atoms with Crippen molar-refractivity contribution in [3.8, 4) is 10.4 Å². The number of hydrogen-bond acceptors (Lipinski definition) is 5. The molecule has 140 valence electrons. The summed E-state index contributed by atoms with van der Waals surface area (Å²) >= 11 is 1.70. The smallest absolute Gasteiger partial charge is 0.336 e. The minimum Gasteiger partial charge on any atom is -0.458 e. The number of Topliss-reactive ketones (excluding diaryl/α,β-unsaturated/α-hetero) is 1. The third-order valence-electron chi connectivity index (χ3n) is 5.26. The zero-order chi connectivity index (χ0) is 19.4. The Morgan fingerprint density at radius 2 is 2.14 bits per heavy atom. The summed E-state index contributed by atoms with van der Waals surface area (Å²) in [6.07, 6.45) is 2.78. The Morgan fingerprint density at radius 1 is 1.29 bits per heavy atom. The van der Waals surface area contributed by atoms with Gasteiger partial charge in [0.15, 0.2) is 0 Å². The second kappa shape index (κ2) is 6.21. The van der Waals surface area contributed by atoms with Gasteiger partial charge in [-0.25, -0.2) is 4.79 Å².